The summed E-state index contributed by atoms with van der Waals surface area (Å²) in [7, 11) is 0. The molecule has 2 aromatic carbocycles. The van der Waals surface area contributed by atoms with Crippen molar-refractivity contribution in [2.45, 2.75) is 52.7 Å². The Morgan fingerprint density at radius 1 is 0.633 bits per heavy atom. The summed E-state index contributed by atoms with van der Waals surface area (Å²) in [5.74, 6) is 0.340. The highest BCUT2D eigenvalue weighted by Crippen LogP contribution is 2.28. The number of hydrogen-bond acceptors (Lipinski definition) is 6. The van der Waals surface area contributed by atoms with E-state index in [1.165, 1.54) is 0 Å². The number of hydrogen-bond donors (Lipinski definition) is 0. The van der Waals surface area contributed by atoms with Gasteiger partial charge in [0, 0.05) is 0 Å². The fourth-order valence-corrected chi connectivity index (χ4v) is 2.71. The fraction of sp³-hybridized carbons (Fsp3) is 0.417. The minimum absolute atomic E-state index is 0.307. The quantitative estimate of drug-likeness (QED) is 0.549. The smallest absolute Gasteiger partial charge is 0.349 e. The van der Waals surface area contributed by atoms with Crippen LogP contribution in [0.5, 0.6) is 11.5 Å². The molecule has 0 N–H and O–H groups in total. The largest absolute Gasteiger partial charge is 0.476 e. The van der Waals surface area contributed by atoms with Gasteiger partial charge < -0.3 is 18.9 Å². The SMILES string of the molecule is CCOC(=O)C(C)(C)Oc1ccc(-c2ccc(OC(C)(C)C(=O)OCC)cc2)cc1. The predicted molar refractivity (Wildman–Crippen MR) is 115 cm³/mol. The van der Waals surface area contributed by atoms with E-state index in [2.05, 4.69) is 0 Å². The molecule has 0 atom stereocenters. The first-order valence-corrected chi connectivity index (χ1v) is 10.0. The van der Waals surface area contributed by atoms with Gasteiger partial charge in [0.15, 0.2) is 11.2 Å². The van der Waals surface area contributed by atoms with Gasteiger partial charge in [-0.15, -0.1) is 0 Å². The minimum Gasteiger partial charge on any atom is -0.476 e. The molecule has 2 rings (SSSR count). The van der Waals surface area contributed by atoms with Gasteiger partial charge in [0.25, 0.3) is 0 Å². The molecule has 0 saturated heterocycles. The van der Waals surface area contributed by atoms with Gasteiger partial charge in [-0.05, 0) is 76.9 Å². The van der Waals surface area contributed by atoms with Crippen molar-refractivity contribution in [1.29, 1.82) is 0 Å². The average molecular weight is 414 g/mol. The Labute approximate surface area is 178 Å². The van der Waals surface area contributed by atoms with Gasteiger partial charge in [0.1, 0.15) is 11.5 Å². The van der Waals surface area contributed by atoms with Crippen LogP contribution < -0.4 is 9.47 Å². The molecule has 0 amide bonds. The number of benzene rings is 2. The lowest BCUT2D eigenvalue weighted by molar-refractivity contribution is -0.159. The molecular formula is C24H30O6. The summed E-state index contributed by atoms with van der Waals surface area (Å²) >= 11 is 0. The molecule has 0 aliphatic heterocycles. The van der Waals surface area contributed by atoms with E-state index < -0.39 is 23.1 Å². The number of rotatable bonds is 9. The van der Waals surface area contributed by atoms with Crippen molar-refractivity contribution in [2.75, 3.05) is 13.2 Å². The van der Waals surface area contributed by atoms with Crippen LogP contribution in [0, 0.1) is 0 Å². The van der Waals surface area contributed by atoms with Gasteiger partial charge in [-0.3, -0.25) is 0 Å². The van der Waals surface area contributed by atoms with E-state index in [1.54, 1.807) is 41.5 Å². The zero-order chi connectivity index (χ0) is 22.4. The standard InChI is InChI=1S/C24H30O6/c1-7-27-21(25)23(3,4)29-19-13-9-17(10-14-19)18-11-15-20(16-12-18)30-24(5,6)22(26)28-8-2/h9-16H,7-8H2,1-6H3. The number of carbonyl (C=O) groups is 2. The van der Waals surface area contributed by atoms with Gasteiger partial charge in [-0.2, -0.15) is 0 Å². The van der Waals surface area contributed by atoms with E-state index in [4.69, 9.17) is 18.9 Å². The molecule has 6 heteroatoms. The van der Waals surface area contributed by atoms with Crippen LogP contribution >= 0.6 is 0 Å². The molecule has 0 saturated carbocycles. The van der Waals surface area contributed by atoms with Crippen molar-refractivity contribution < 1.29 is 28.5 Å². The fourth-order valence-electron chi connectivity index (χ4n) is 2.71. The lowest BCUT2D eigenvalue weighted by Gasteiger charge is -2.24. The van der Waals surface area contributed by atoms with Crippen LogP contribution in [-0.4, -0.2) is 36.4 Å². The van der Waals surface area contributed by atoms with Crippen LogP contribution in [0.25, 0.3) is 11.1 Å². The lowest BCUT2D eigenvalue weighted by atomic mass is 10.0. The number of carbonyl (C=O) groups excluding carboxylic acids is 2. The van der Waals surface area contributed by atoms with E-state index in [9.17, 15) is 9.59 Å². The number of ether oxygens (including phenoxy) is 4. The summed E-state index contributed by atoms with van der Waals surface area (Å²) in [4.78, 5) is 24.0. The van der Waals surface area contributed by atoms with Crippen molar-refractivity contribution >= 4 is 11.9 Å². The van der Waals surface area contributed by atoms with Crippen LogP contribution in [-0.2, 0) is 19.1 Å². The molecule has 2 aromatic rings. The molecule has 0 heterocycles. The summed E-state index contributed by atoms with van der Waals surface area (Å²) in [6, 6.07) is 14.9. The molecule has 0 aromatic heterocycles. The Hall–Kier alpha value is -3.02. The zero-order valence-electron chi connectivity index (χ0n) is 18.5. The molecule has 30 heavy (non-hydrogen) atoms. The van der Waals surface area contributed by atoms with Gasteiger partial charge in [-0.1, -0.05) is 24.3 Å². The molecule has 162 valence electrons. The van der Waals surface area contributed by atoms with Crippen molar-refractivity contribution in [3.8, 4) is 22.6 Å². The third kappa shape index (κ3) is 5.99. The van der Waals surface area contributed by atoms with Crippen molar-refractivity contribution in [1.82, 2.24) is 0 Å². The first kappa shape index (κ1) is 23.3. The second kappa shape index (κ2) is 9.65. The molecule has 0 aliphatic carbocycles. The van der Waals surface area contributed by atoms with E-state index in [0.29, 0.717) is 24.7 Å². The van der Waals surface area contributed by atoms with Crippen LogP contribution in [0.15, 0.2) is 48.5 Å². The Balaban J connectivity index is 2.07. The van der Waals surface area contributed by atoms with Crippen LogP contribution in [0.1, 0.15) is 41.5 Å². The maximum Gasteiger partial charge on any atom is 0.349 e. The summed E-state index contributed by atoms with van der Waals surface area (Å²) in [6.07, 6.45) is 0. The minimum atomic E-state index is -1.07. The maximum absolute atomic E-state index is 12.0. The van der Waals surface area contributed by atoms with Gasteiger partial charge >= 0.3 is 11.9 Å². The molecule has 0 bridgehead atoms. The third-order valence-electron chi connectivity index (χ3n) is 4.32. The lowest BCUT2D eigenvalue weighted by Crippen LogP contribution is -2.39. The third-order valence-corrected chi connectivity index (χ3v) is 4.32. The number of esters is 2. The first-order chi connectivity index (χ1) is 14.1. The highest BCUT2D eigenvalue weighted by Gasteiger charge is 2.32. The molecular weight excluding hydrogens is 384 g/mol. The Kier molecular flexibility index (Phi) is 7.48. The van der Waals surface area contributed by atoms with Crippen LogP contribution in [0.2, 0.25) is 0 Å². The maximum atomic E-state index is 12.0. The summed E-state index contributed by atoms with van der Waals surface area (Å²) < 4.78 is 21.7. The molecule has 0 radical (unpaired) electrons. The van der Waals surface area contributed by atoms with Crippen molar-refractivity contribution in [3.63, 3.8) is 0 Å². The molecule has 0 spiro atoms. The second-order valence-electron chi connectivity index (χ2n) is 7.71. The highest BCUT2D eigenvalue weighted by atomic mass is 16.6. The normalized spacial score (nSPS) is 11.5. The van der Waals surface area contributed by atoms with Crippen molar-refractivity contribution in [2.24, 2.45) is 0 Å². The summed E-state index contributed by atoms with van der Waals surface area (Å²) in [6.45, 7) is 10.8. The average Bonchev–Trinajstić information content (AvgIpc) is 2.69. The topological polar surface area (TPSA) is 71.1 Å². The van der Waals surface area contributed by atoms with E-state index in [-0.39, 0.29) is 0 Å². The van der Waals surface area contributed by atoms with Crippen LogP contribution in [0.4, 0.5) is 0 Å². The van der Waals surface area contributed by atoms with Crippen LogP contribution in [0.3, 0.4) is 0 Å². The molecule has 0 unspecified atom stereocenters. The zero-order valence-corrected chi connectivity index (χ0v) is 18.5. The van der Waals surface area contributed by atoms with Gasteiger partial charge in [0.2, 0.25) is 0 Å². The Bertz CT molecular complexity index is 777. The molecule has 6 nitrogen and oxygen atoms in total. The van der Waals surface area contributed by atoms with E-state index >= 15 is 0 Å². The van der Waals surface area contributed by atoms with E-state index in [0.717, 1.165) is 11.1 Å². The monoisotopic (exact) mass is 414 g/mol. The summed E-state index contributed by atoms with van der Waals surface area (Å²) in [5.41, 5.74) is -0.176. The second-order valence-corrected chi connectivity index (χ2v) is 7.71. The Morgan fingerprint density at radius 2 is 0.933 bits per heavy atom. The molecule has 0 aliphatic rings. The Morgan fingerprint density at radius 3 is 1.20 bits per heavy atom. The highest BCUT2D eigenvalue weighted by molar-refractivity contribution is 5.79. The van der Waals surface area contributed by atoms with Gasteiger partial charge in [-0.25, -0.2) is 9.59 Å². The van der Waals surface area contributed by atoms with E-state index in [1.807, 2.05) is 48.5 Å². The molecule has 0 fully saturated rings. The van der Waals surface area contributed by atoms with Gasteiger partial charge in [0.05, 0.1) is 13.2 Å². The summed E-state index contributed by atoms with van der Waals surface area (Å²) in [5, 5.41) is 0. The first-order valence-electron chi connectivity index (χ1n) is 10.0. The predicted octanol–water partition coefficient (Wildman–Crippen LogP) is 4.79. The van der Waals surface area contributed by atoms with Crippen molar-refractivity contribution in [3.05, 3.63) is 48.5 Å².